The summed E-state index contributed by atoms with van der Waals surface area (Å²) in [5.74, 6) is -0.718. The van der Waals surface area contributed by atoms with E-state index in [1.807, 2.05) is 16.8 Å². The second kappa shape index (κ2) is 11.0. The molecular formula is C24H35N5O4Si. The van der Waals surface area contributed by atoms with Crippen LogP contribution < -0.4 is 10.5 Å². The van der Waals surface area contributed by atoms with E-state index in [9.17, 15) is 9.90 Å². The van der Waals surface area contributed by atoms with Crippen LogP contribution in [0, 0.1) is 6.92 Å². The first-order valence-corrected chi connectivity index (χ1v) is 15.3. The maximum atomic E-state index is 11.5. The van der Waals surface area contributed by atoms with Crippen LogP contribution in [-0.2, 0) is 17.9 Å². The number of aromatic nitrogens is 4. The lowest BCUT2D eigenvalue weighted by atomic mass is 10.0. The topological polar surface area (TPSA) is 125 Å². The molecule has 184 valence electrons. The lowest BCUT2D eigenvalue weighted by molar-refractivity contribution is 0.0689. The van der Waals surface area contributed by atoms with E-state index in [2.05, 4.69) is 41.5 Å². The number of carbonyl (C=O) groups is 1. The second-order valence-corrected chi connectivity index (χ2v) is 15.3. The van der Waals surface area contributed by atoms with Crippen LogP contribution in [0.25, 0.3) is 11.0 Å². The lowest BCUT2D eigenvalue weighted by Gasteiger charge is -2.16. The minimum absolute atomic E-state index is 0.0497. The van der Waals surface area contributed by atoms with Gasteiger partial charge in [0.2, 0.25) is 0 Å². The summed E-state index contributed by atoms with van der Waals surface area (Å²) < 4.78 is 13.6. The van der Waals surface area contributed by atoms with Gasteiger partial charge in [0.1, 0.15) is 17.8 Å². The fourth-order valence-corrected chi connectivity index (χ4v) is 4.36. The number of fused-ring (bicyclic) bond motifs is 1. The summed E-state index contributed by atoms with van der Waals surface area (Å²) in [5, 5.41) is 9.45. The quantitative estimate of drug-likeness (QED) is 0.284. The monoisotopic (exact) mass is 485 g/mol. The van der Waals surface area contributed by atoms with Gasteiger partial charge in [-0.3, -0.25) is 0 Å². The Balaban J connectivity index is 1.98. The number of rotatable bonds is 12. The standard InChI is InChI=1S/C24H35N5O4Si/c1-6-7-10-33-24-27-20-18(13-17-8-9-26-19(16(17)2)23(30)31)14-29(21(20)22(25)28-24)15-32-11-12-34(3,4)5/h8-9,14H,6-7,10-13,15H2,1-5H3,(H,30,31)(H2,25,27,28). The van der Waals surface area contributed by atoms with Crippen molar-refractivity contribution in [2.75, 3.05) is 18.9 Å². The summed E-state index contributed by atoms with van der Waals surface area (Å²) in [6.07, 6.45) is 5.85. The molecule has 0 saturated heterocycles. The number of hydrogen-bond acceptors (Lipinski definition) is 7. The van der Waals surface area contributed by atoms with Gasteiger partial charge in [0.15, 0.2) is 11.5 Å². The van der Waals surface area contributed by atoms with Crippen molar-refractivity contribution in [3.05, 3.63) is 40.8 Å². The number of carboxylic acids is 1. The Morgan fingerprint density at radius 2 is 1.97 bits per heavy atom. The van der Waals surface area contributed by atoms with E-state index in [-0.39, 0.29) is 11.7 Å². The molecular weight excluding hydrogens is 450 g/mol. The molecule has 3 N–H and O–H groups in total. The molecule has 0 aliphatic heterocycles. The Bertz CT molecular complexity index is 1160. The first kappa shape index (κ1) is 25.6. The fraction of sp³-hybridized carbons (Fsp3) is 0.500. The van der Waals surface area contributed by atoms with Crippen molar-refractivity contribution in [2.24, 2.45) is 0 Å². The molecule has 3 aromatic rings. The van der Waals surface area contributed by atoms with Crippen LogP contribution in [0.1, 0.15) is 46.9 Å². The Morgan fingerprint density at radius 3 is 2.65 bits per heavy atom. The smallest absolute Gasteiger partial charge is 0.354 e. The van der Waals surface area contributed by atoms with Gasteiger partial charge >= 0.3 is 12.0 Å². The zero-order valence-corrected chi connectivity index (χ0v) is 21.7. The SMILES string of the molecule is CCCCOc1nc(N)c2c(n1)c(Cc1ccnc(C(=O)O)c1C)cn2COCC[Si](C)(C)C. The zero-order valence-electron chi connectivity index (χ0n) is 20.7. The number of aromatic carboxylic acids is 1. The largest absolute Gasteiger partial charge is 0.477 e. The van der Waals surface area contributed by atoms with Crippen LogP contribution >= 0.6 is 0 Å². The number of hydrogen-bond donors (Lipinski definition) is 2. The minimum Gasteiger partial charge on any atom is -0.477 e. The van der Waals surface area contributed by atoms with E-state index in [0.717, 1.165) is 30.0 Å². The van der Waals surface area contributed by atoms with Crippen molar-refractivity contribution in [1.82, 2.24) is 19.5 Å². The number of ether oxygens (including phenoxy) is 2. The highest BCUT2D eigenvalue weighted by Crippen LogP contribution is 2.29. The second-order valence-electron chi connectivity index (χ2n) is 9.69. The lowest BCUT2D eigenvalue weighted by Crippen LogP contribution is -2.22. The molecule has 0 radical (unpaired) electrons. The summed E-state index contributed by atoms with van der Waals surface area (Å²) in [6, 6.07) is 3.14. The number of anilines is 1. The van der Waals surface area contributed by atoms with Gasteiger partial charge < -0.3 is 24.9 Å². The van der Waals surface area contributed by atoms with Gasteiger partial charge in [0.25, 0.3) is 0 Å². The van der Waals surface area contributed by atoms with Gasteiger partial charge in [-0.05, 0) is 36.6 Å². The molecule has 0 fully saturated rings. The predicted molar refractivity (Wildman–Crippen MR) is 135 cm³/mol. The summed E-state index contributed by atoms with van der Waals surface area (Å²) >= 11 is 0. The van der Waals surface area contributed by atoms with E-state index in [0.29, 0.717) is 48.8 Å². The Hall–Kier alpha value is -2.98. The Kier molecular flexibility index (Phi) is 8.27. The maximum Gasteiger partial charge on any atom is 0.354 e. The highest BCUT2D eigenvalue weighted by atomic mass is 28.3. The molecule has 0 amide bonds. The molecule has 0 saturated carbocycles. The zero-order chi connectivity index (χ0) is 24.9. The molecule has 10 heteroatoms. The number of nitrogens with zero attached hydrogens (tertiary/aromatic N) is 4. The molecule has 3 heterocycles. The molecule has 0 aliphatic rings. The third-order valence-corrected chi connectivity index (χ3v) is 7.35. The molecule has 34 heavy (non-hydrogen) atoms. The van der Waals surface area contributed by atoms with E-state index < -0.39 is 14.0 Å². The van der Waals surface area contributed by atoms with Gasteiger partial charge in [0.05, 0.1) is 6.61 Å². The van der Waals surface area contributed by atoms with Gasteiger partial charge in [-0.15, -0.1) is 0 Å². The third-order valence-electron chi connectivity index (χ3n) is 5.65. The minimum atomic E-state index is -1.20. The van der Waals surface area contributed by atoms with Gasteiger partial charge in [0, 0.05) is 39.1 Å². The van der Waals surface area contributed by atoms with Crippen LogP contribution in [0.2, 0.25) is 25.7 Å². The summed E-state index contributed by atoms with van der Waals surface area (Å²) in [6.45, 7) is 12.3. The summed E-state index contributed by atoms with van der Waals surface area (Å²) in [4.78, 5) is 24.6. The van der Waals surface area contributed by atoms with Crippen molar-refractivity contribution in [1.29, 1.82) is 0 Å². The number of nitrogens with two attached hydrogens (primary N) is 1. The average Bonchev–Trinajstić information content (AvgIpc) is 3.10. The average molecular weight is 486 g/mol. The van der Waals surface area contributed by atoms with E-state index in [4.69, 9.17) is 15.2 Å². The first-order chi connectivity index (χ1) is 16.1. The summed E-state index contributed by atoms with van der Waals surface area (Å²) in [5.41, 5.74) is 10.1. The number of carboxylic acid groups (broad SMARTS) is 1. The molecule has 3 rings (SSSR count). The van der Waals surface area contributed by atoms with Crippen LogP contribution in [0.3, 0.4) is 0 Å². The maximum absolute atomic E-state index is 11.5. The predicted octanol–water partition coefficient (Wildman–Crippen LogP) is 4.50. The van der Waals surface area contributed by atoms with Gasteiger partial charge in [-0.1, -0.05) is 33.0 Å². The molecule has 0 aliphatic carbocycles. The Morgan fingerprint density at radius 1 is 1.21 bits per heavy atom. The van der Waals surface area contributed by atoms with Crippen LogP contribution in [-0.4, -0.2) is 51.9 Å². The number of unbranched alkanes of at least 4 members (excludes halogenated alkanes) is 1. The molecule has 3 aromatic heterocycles. The van der Waals surface area contributed by atoms with E-state index in [1.54, 1.807) is 6.92 Å². The number of nitrogen functional groups attached to an aromatic ring is 1. The van der Waals surface area contributed by atoms with Crippen molar-refractivity contribution >= 4 is 30.9 Å². The highest BCUT2D eigenvalue weighted by Gasteiger charge is 2.19. The van der Waals surface area contributed by atoms with E-state index in [1.165, 1.54) is 6.20 Å². The fourth-order valence-electron chi connectivity index (χ4n) is 3.60. The van der Waals surface area contributed by atoms with Crippen molar-refractivity contribution in [2.45, 2.75) is 65.5 Å². The van der Waals surface area contributed by atoms with Crippen LogP contribution in [0.4, 0.5) is 5.82 Å². The van der Waals surface area contributed by atoms with Gasteiger partial charge in [-0.25, -0.2) is 9.78 Å². The Labute approximate surface area is 201 Å². The molecule has 0 aromatic carbocycles. The van der Waals surface area contributed by atoms with Crippen molar-refractivity contribution < 1.29 is 19.4 Å². The third kappa shape index (κ3) is 6.32. The highest BCUT2D eigenvalue weighted by molar-refractivity contribution is 6.76. The molecule has 9 nitrogen and oxygen atoms in total. The number of pyridine rings is 1. The summed E-state index contributed by atoms with van der Waals surface area (Å²) in [7, 11) is -1.20. The molecule has 0 spiro atoms. The van der Waals surface area contributed by atoms with Crippen LogP contribution in [0.15, 0.2) is 18.5 Å². The first-order valence-electron chi connectivity index (χ1n) is 11.6. The normalized spacial score (nSPS) is 11.8. The van der Waals surface area contributed by atoms with Crippen molar-refractivity contribution in [3.8, 4) is 6.01 Å². The van der Waals surface area contributed by atoms with E-state index >= 15 is 0 Å². The molecule has 0 unspecified atom stereocenters. The van der Waals surface area contributed by atoms with Crippen molar-refractivity contribution in [3.63, 3.8) is 0 Å². The molecule has 0 bridgehead atoms. The van der Waals surface area contributed by atoms with Crippen LogP contribution in [0.5, 0.6) is 6.01 Å². The van der Waals surface area contributed by atoms with Gasteiger partial charge in [-0.2, -0.15) is 9.97 Å². The molecule has 0 atom stereocenters.